The van der Waals surface area contributed by atoms with Gasteiger partial charge in [-0.25, -0.2) is 0 Å². The van der Waals surface area contributed by atoms with E-state index in [0.717, 1.165) is 49.9 Å². The van der Waals surface area contributed by atoms with Crippen molar-refractivity contribution >= 4 is 65.4 Å². The Labute approximate surface area is 234 Å². The van der Waals surface area contributed by atoms with Gasteiger partial charge >= 0.3 is 0 Å². The Balaban J connectivity index is 1.42. The summed E-state index contributed by atoms with van der Waals surface area (Å²) in [5.74, 6) is 0. The molecular weight excluding hydrogens is 500 g/mol. The second kappa shape index (κ2) is 8.11. The number of nitrogens with one attached hydrogen (secondary N) is 1. The molecule has 6 aromatic carbocycles. The highest BCUT2D eigenvalue weighted by Crippen LogP contribution is 2.41. The molecule has 0 spiro atoms. The number of fused-ring (bicyclic) bond motifs is 10. The van der Waals surface area contributed by atoms with Crippen LogP contribution in [0.4, 0.5) is 0 Å². The summed E-state index contributed by atoms with van der Waals surface area (Å²) in [6, 6.07) is 47.0. The van der Waals surface area contributed by atoms with Crippen LogP contribution >= 0.6 is 0 Å². The van der Waals surface area contributed by atoms with Crippen molar-refractivity contribution in [1.82, 2.24) is 14.1 Å². The monoisotopic (exact) mass is 522 g/mol. The van der Waals surface area contributed by atoms with Crippen molar-refractivity contribution in [2.45, 2.75) is 0 Å². The van der Waals surface area contributed by atoms with Crippen molar-refractivity contribution in [3.05, 3.63) is 133 Å². The van der Waals surface area contributed by atoms with Gasteiger partial charge in [-0.05, 0) is 42.5 Å². The zero-order valence-corrected chi connectivity index (χ0v) is 22.0. The van der Waals surface area contributed by atoms with Crippen LogP contribution in [0.15, 0.2) is 127 Å². The number of aromatic amines is 1. The lowest BCUT2D eigenvalue weighted by atomic mass is 10.1. The standard InChI is InChI=1S/C37H22N4/c38-22-28-33(40-30-15-6-2-11-24(30)25-12-3-7-16-31(25)40)18-9-19-34(28)41-32-17-8-4-13-27(32)36-35(41)21-20-26-23-10-1-5-14-29(23)39-37(26)36/h1-21,39H. The molecule has 0 saturated carbocycles. The number of nitriles is 1. The van der Waals surface area contributed by atoms with Gasteiger partial charge < -0.3 is 14.1 Å². The second-order valence-electron chi connectivity index (χ2n) is 10.6. The number of hydrogen-bond donors (Lipinski definition) is 1. The van der Waals surface area contributed by atoms with Gasteiger partial charge in [0, 0.05) is 37.8 Å². The van der Waals surface area contributed by atoms with Crippen LogP contribution in [-0.4, -0.2) is 14.1 Å². The molecule has 9 rings (SSSR count). The van der Waals surface area contributed by atoms with E-state index in [0.29, 0.717) is 5.56 Å². The Morgan fingerprint density at radius 1 is 0.463 bits per heavy atom. The van der Waals surface area contributed by atoms with Crippen molar-refractivity contribution in [3.8, 4) is 17.4 Å². The number of hydrogen-bond acceptors (Lipinski definition) is 1. The number of aromatic nitrogens is 3. The van der Waals surface area contributed by atoms with E-state index in [4.69, 9.17) is 0 Å². The summed E-state index contributed by atoms with van der Waals surface area (Å²) in [4.78, 5) is 3.70. The van der Waals surface area contributed by atoms with E-state index in [9.17, 15) is 5.26 Å². The Morgan fingerprint density at radius 3 is 1.66 bits per heavy atom. The van der Waals surface area contributed by atoms with E-state index < -0.39 is 0 Å². The van der Waals surface area contributed by atoms with Crippen molar-refractivity contribution in [2.24, 2.45) is 0 Å². The highest BCUT2D eigenvalue weighted by Gasteiger charge is 2.21. The maximum atomic E-state index is 10.8. The molecule has 1 N–H and O–H groups in total. The average Bonchev–Trinajstić information content (AvgIpc) is 3.68. The van der Waals surface area contributed by atoms with E-state index in [1.165, 1.54) is 26.9 Å². The number of nitrogens with zero attached hydrogens (tertiary/aromatic N) is 3. The van der Waals surface area contributed by atoms with E-state index >= 15 is 0 Å². The first-order chi connectivity index (χ1) is 20.3. The summed E-state index contributed by atoms with van der Waals surface area (Å²) < 4.78 is 4.49. The van der Waals surface area contributed by atoms with Gasteiger partial charge in [-0.1, -0.05) is 84.9 Å². The van der Waals surface area contributed by atoms with E-state index in [2.05, 4.69) is 148 Å². The lowest BCUT2D eigenvalue weighted by molar-refractivity contribution is 1.12. The van der Waals surface area contributed by atoms with Gasteiger partial charge in [0.2, 0.25) is 0 Å². The molecule has 0 aliphatic rings. The summed E-state index contributed by atoms with van der Waals surface area (Å²) in [7, 11) is 0. The minimum absolute atomic E-state index is 0.637. The van der Waals surface area contributed by atoms with E-state index in [1.54, 1.807) is 0 Å². The maximum absolute atomic E-state index is 10.8. The minimum Gasteiger partial charge on any atom is -0.354 e. The van der Waals surface area contributed by atoms with Gasteiger partial charge in [-0.3, -0.25) is 0 Å². The first kappa shape index (κ1) is 22.1. The van der Waals surface area contributed by atoms with Crippen molar-refractivity contribution in [2.75, 3.05) is 0 Å². The molecule has 0 aliphatic carbocycles. The summed E-state index contributed by atoms with van der Waals surface area (Å²) in [6.07, 6.45) is 0. The fourth-order valence-corrected chi connectivity index (χ4v) is 6.83. The third kappa shape index (κ3) is 2.87. The number of rotatable bonds is 2. The third-order valence-corrected chi connectivity index (χ3v) is 8.51. The minimum atomic E-state index is 0.637. The van der Waals surface area contributed by atoms with Gasteiger partial charge in [0.15, 0.2) is 0 Å². The summed E-state index contributed by atoms with van der Waals surface area (Å²) in [6.45, 7) is 0. The van der Waals surface area contributed by atoms with Gasteiger partial charge in [0.05, 0.1) is 39.0 Å². The maximum Gasteiger partial charge on any atom is 0.104 e. The fourth-order valence-electron chi connectivity index (χ4n) is 6.83. The zero-order chi connectivity index (χ0) is 27.1. The molecule has 0 saturated heterocycles. The molecular formula is C37H22N4. The largest absolute Gasteiger partial charge is 0.354 e. The first-order valence-electron chi connectivity index (χ1n) is 13.8. The van der Waals surface area contributed by atoms with Gasteiger partial charge in [-0.2, -0.15) is 5.26 Å². The lowest BCUT2D eigenvalue weighted by Gasteiger charge is -2.15. The normalized spacial score (nSPS) is 11.9. The molecule has 4 heteroatoms. The molecule has 0 fully saturated rings. The average molecular weight is 523 g/mol. The lowest BCUT2D eigenvalue weighted by Crippen LogP contribution is -2.03. The van der Waals surface area contributed by atoms with Crippen LogP contribution in [0.1, 0.15) is 5.56 Å². The molecule has 3 aromatic heterocycles. The molecule has 0 radical (unpaired) electrons. The number of H-pyrrole nitrogens is 1. The van der Waals surface area contributed by atoms with Crippen molar-refractivity contribution in [3.63, 3.8) is 0 Å². The topological polar surface area (TPSA) is 49.4 Å². The second-order valence-corrected chi connectivity index (χ2v) is 10.6. The molecule has 0 amide bonds. The van der Waals surface area contributed by atoms with Crippen LogP contribution in [0.25, 0.3) is 76.8 Å². The Kier molecular flexibility index (Phi) is 4.37. The molecule has 41 heavy (non-hydrogen) atoms. The molecule has 0 aliphatic heterocycles. The Hall–Kier alpha value is -5.79. The number of para-hydroxylation sites is 4. The van der Waals surface area contributed by atoms with Crippen LogP contribution in [0, 0.1) is 11.3 Å². The molecule has 3 heterocycles. The molecule has 0 bridgehead atoms. The Bertz CT molecular complexity index is 2500. The highest BCUT2D eigenvalue weighted by molar-refractivity contribution is 6.25. The predicted molar refractivity (Wildman–Crippen MR) is 169 cm³/mol. The summed E-state index contributed by atoms with van der Waals surface area (Å²) in [5.41, 5.74) is 8.94. The van der Waals surface area contributed by atoms with Crippen LogP contribution in [0.5, 0.6) is 0 Å². The van der Waals surface area contributed by atoms with Crippen LogP contribution in [0.2, 0.25) is 0 Å². The molecule has 9 aromatic rings. The zero-order valence-electron chi connectivity index (χ0n) is 22.0. The van der Waals surface area contributed by atoms with Gasteiger partial charge in [0.25, 0.3) is 0 Å². The molecule has 4 nitrogen and oxygen atoms in total. The third-order valence-electron chi connectivity index (χ3n) is 8.51. The summed E-state index contributed by atoms with van der Waals surface area (Å²) >= 11 is 0. The van der Waals surface area contributed by atoms with Gasteiger partial charge in [0.1, 0.15) is 11.6 Å². The molecule has 0 unspecified atom stereocenters. The highest BCUT2D eigenvalue weighted by atomic mass is 15.0. The van der Waals surface area contributed by atoms with Crippen molar-refractivity contribution in [1.29, 1.82) is 5.26 Å². The van der Waals surface area contributed by atoms with E-state index in [-0.39, 0.29) is 0 Å². The van der Waals surface area contributed by atoms with E-state index in [1.807, 2.05) is 0 Å². The molecule has 190 valence electrons. The Morgan fingerprint density at radius 2 is 1.00 bits per heavy atom. The number of benzene rings is 6. The summed E-state index contributed by atoms with van der Waals surface area (Å²) in [5, 5.41) is 17.9. The van der Waals surface area contributed by atoms with Crippen molar-refractivity contribution < 1.29 is 0 Å². The fraction of sp³-hybridized carbons (Fsp3) is 0. The van der Waals surface area contributed by atoms with Crippen LogP contribution in [0.3, 0.4) is 0 Å². The van der Waals surface area contributed by atoms with Gasteiger partial charge in [-0.15, -0.1) is 0 Å². The first-order valence-corrected chi connectivity index (χ1v) is 13.8. The predicted octanol–water partition coefficient (Wildman–Crippen LogP) is 9.39. The SMILES string of the molecule is N#Cc1c(-n2c3ccccc3c3ccccc32)cccc1-n1c2ccccc2c2c3[nH]c4ccccc4c3ccc21. The van der Waals surface area contributed by atoms with Crippen LogP contribution in [-0.2, 0) is 0 Å². The molecule has 0 atom stereocenters. The smallest absolute Gasteiger partial charge is 0.104 e. The quantitative estimate of drug-likeness (QED) is 0.242. The van der Waals surface area contributed by atoms with Crippen LogP contribution < -0.4 is 0 Å².